The Hall–Kier alpha value is -1.69. The number of rotatable bonds is 2. The van der Waals surface area contributed by atoms with Gasteiger partial charge in [-0.25, -0.2) is 4.98 Å². The largest absolute Gasteiger partial charge is 0.336 e. The van der Waals surface area contributed by atoms with Crippen molar-refractivity contribution < 1.29 is 4.79 Å². The second-order valence-corrected chi connectivity index (χ2v) is 4.84. The highest BCUT2D eigenvalue weighted by Crippen LogP contribution is 2.08. The fraction of sp³-hybridized carbons (Fsp3) is 0.615. The first-order chi connectivity index (χ1) is 9.02. The lowest BCUT2D eigenvalue weighted by atomic mass is 10.2. The first kappa shape index (κ1) is 13.7. The van der Waals surface area contributed by atoms with E-state index < -0.39 is 0 Å². The van der Waals surface area contributed by atoms with Gasteiger partial charge in [-0.3, -0.25) is 9.59 Å². The number of amides is 1. The summed E-state index contributed by atoms with van der Waals surface area (Å²) in [5, 5.41) is 0. The van der Waals surface area contributed by atoms with Gasteiger partial charge in [-0.05, 0) is 20.4 Å². The van der Waals surface area contributed by atoms with E-state index in [1.807, 2.05) is 0 Å². The topological polar surface area (TPSA) is 69.3 Å². The first-order valence-corrected chi connectivity index (χ1v) is 6.62. The van der Waals surface area contributed by atoms with Crippen LogP contribution in [0.1, 0.15) is 28.8 Å². The SMILES string of the molecule is CCN1CCN(C(=O)c2c(C)nc(C)[nH]c2=O)CC1. The second-order valence-electron chi connectivity index (χ2n) is 4.84. The van der Waals surface area contributed by atoms with Crippen LogP contribution >= 0.6 is 0 Å². The average Bonchev–Trinajstić information content (AvgIpc) is 2.37. The molecule has 0 unspecified atom stereocenters. The standard InChI is InChI=1S/C13H20N4O2/c1-4-16-5-7-17(8-6-16)13(19)11-9(2)14-10(3)15-12(11)18/h4-8H2,1-3H3,(H,14,15,18). The Morgan fingerprint density at radius 1 is 1.26 bits per heavy atom. The Kier molecular flexibility index (Phi) is 3.99. The van der Waals surface area contributed by atoms with Gasteiger partial charge in [-0.1, -0.05) is 6.92 Å². The fourth-order valence-corrected chi connectivity index (χ4v) is 2.40. The number of likely N-dealkylation sites (N-methyl/N-ethyl adjacent to an activating group) is 1. The molecule has 1 amide bonds. The Morgan fingerprint density at radius 3 is 2.42 bits per heavy atom. The summed E-state index contributed by atoms with van der Waals surface area (Å²) in [7, 11) is 0. The molecular weight excluding hydrogens is 244 g/mol. The molecule has 0 radical (unpaired) electrons. The summed E-state index contributed by atoms with van der Waals surface area (Å²) in [5.41, 5.74) is 0.340. The maximum Gasteiger partial charge on any atom is 0.264 e. The third-order valence-corrected chi connectivity index (χ3v) is 3.54. The quantitative estimate of drug-likeness (QED) is 0.826. The summed E-state index contributed by atoms with van der Waals surface area (Å²) in [4.78, 5) is 35.1. The maximum atomic E-state index is 12.4. The van der Waals surface area contributed by atoms with Gasteiger partial charge in [0.25, 0.3) is 11.5 Å². The number of hydrogen-bond donors (Lipinski definition) is 1. The molecule has 2 rings (SSSR count). The lowest BCUT2D eigenvalue weighted by molar-refractivity contribution is 0.0640. The van der Waals surface area contributed by atoms with E-state index in [0.29, 0.717) is 24.6 Å². The van der Waals surface area contributed by atoms with Crippen LogP contribution in [0.3, 0.4) is 0 Å². The Labute approximate surface area is 112 Å². The average molecular weight is 264 g/mol. The molecule has 0 spiro atoms. The zero-order chi connectivity index (χ0) is 14.0. The zero-order valence-corrected chi connectivity index (χ0v) is 11.7. The van der Waals surface area contributed by atoms with Gasteiger partial charge < -0.3 is 14.8 Å². The van der Waals surface area contributed by atoms with Gasteiger partial charge in [-0.15, -0.1) is 0 Å². The van der Waals surface area contributed by atoms with E-state index >= 15 is 0 Å². The van der Waals surface area contributed by atoms with Crippen molar-refractivity contribution in [3.05, 3.63) is 27.4 Å². The van der Waals surface area contributed by atoms with Crippen LogP contribution in [0.2, 0.25) is 0 Å². The van der Waals surface area contributed by atoms with Crippen LogP contribution in [0.25, 0.3) is 0 Å². The maximum absolute atomic E-state index is 12.4. The number of hydrogen-bond acceptors (Lipinski definition) is 4. The molecule has 0 saturated carbocycles. The highest BCUT2D eigenvalue weighted by atomic mass is 16.2. The summed E-state index contributed by atoms with van der Waals surface area (Å²) in [6.45, 7) is 9.57. The fourth-order valence-electron chi connectivity index (χ4n) is 2.40. The van der Waals surface area contributed by atoms with Crippen molar-refractivity contribution in [2.24, 2.45) is 0 Å². The van der Waals surface area contributed by atoms with Crippen LogP contribution in [0, 0.1) is 13.8 Å². The zero-order valence-electron chi connectivity index (χ0n) is 11.7. The Bertz CT molecular complexity index is 530. The van der Waals surface area contributed by atoms with E-state index in [-0.39, 0.29) is 17.0 Å². The lowest BCUT2D eigenvalue weighted by Gasteiger charge is -2.34. The molecule has 2 heterocycles. The molecule has 1 aliphatic rings. The minimum Gasteiger partial charge on any atom is -0.336 e. The summed E-state index contributed by atoms with van der Waals surface area (Å²) >= 11 is 0. The van der Waals surface area contributed by atoms with Crippen LogP contribution in [0.15, 0.2) is 4.79 Å². The Morgan fingerprint density at radius 2 is 1.89 bits per heavy atom. The molecule has 1 aromatic rings. The van der Waals surface area contributed by atoms with Crippen LogP contribution in [-0.2, 0) is 0 Å². The molecule has 1 aliphatic heterocycles. The highest BCUT2D eigenvalue weighted by molar-refractivity contribution is 5.94. The molecule has 6 heteroatoms. The van der Waals surface area contributed by atoms with Gasteiger partial charge in [0, 0.05) is 26.2 Å². The van der Waals surface area contributed by atoms with Gasteiger partial charge in [0.2, 0.25) is 0 Å². The van der Waals surface area contributed by atoms with Crippen molar-refractivity contribution in [2.75, 3.05) is 32.7 Å². The summed E-state index contributed by atoms with van der Waals surface area (Å²) in [5.74, 6) is 0.330. The number of H-pyrrole nitrogens is 1. The van der Waals surface area contributed by atoms with Crippen LogP contribution < -0.4 is 5.56 Å². The Balaban J connectivity index is 2.19. The van der Waals surface area contributed by atoms with Crippen molar-refractivity contribution in [1.29, 1.82) is 0 Å². The molecule has 19 heavy (non-hydrogen) atoms. The molecular formula is C13H20N4O2. The number of aryl methyl sites for hydroxylation is 2. The third-order valence-electron chi connectivity index (χ3n) is 3.54. The number of aromatic nitrogens is 2. The van der Waals surface area contributed by atoms with Gasteiger partial charge >= 0.3 is 0 Å². The molecule has 1 N–H and O–H groups in total. The van der Waals surface area contributed by atoms with Gasteiger partial charge in [0.1, 0.15) is 11.4 Å². The smallest absolute Gasteiger partial charge is 0.264 e. The minimum absolute atomic E-state index is 0.176. The molecule has 6 nitrogen and oxygen atoms in total. The highest BCUT2D eigenvalue weighted by Gasteiger charge is 2.25. The van der Waals surface area contributed by atoms with Crippen LogP contribution in [0.4, 0.5) is 0 Å². The molecule has 0 aliphatic carbocycles. The van der Waals surface area contributed by atoms with E-state index in [0.717, 1.165) is 19.6 Å². The number of carbonyl (C=O) groups excluding carboxylic acids is 1. The molecule has 0 atom stereocenters. The van der Waals surface area contributed by atoms with Crippen molar-refractivity contribution in [3.63, 3.8) is 0 Å². The first-order valence-electron chi connectivity index (χ1n) is 6.62. The van der Waals surface area contributed by atoms with E-state index in [1.54, 1.807) is 18.7 Å². The predicted octanol–water partition coefficient (Wildman–Crippen LogP) is 0.164. The summed E-state index contributed by atoms with van der Waals surface area (Å²) in [6.07, 6.45) is 0. The molecule has 104 valence electrons. The second kappa shape index (κ2) is 5.52. The van der Waals surface area contributed by atoms with E-state index in [2.05, 4.69) is 21.8 Å². The number of nitrogens with one attached hydrogen (secondary N) is 1. The number of piperazine rings is 1. The van der Waals surface area contributed by atoms with Crippen molar-refractivity contribution in [3.8, 4) is 0 Å². The van der Waals surface area contributed by atoms with Gasteiger partial charge in [-0.2, -0.15) is 0 Å². The van der Waals surface area contributed by atoms with E-state index in [9.17, 15) is 9.59 Å². The van der Waals surface area contributed by atoms with E-state index in [1.165, 1.54) is 0 Å². The van der Waals surface area contributed by atoms with Gasteiger partial charge in [0.15, 0.2) is 0 Å². The lowest BCUT2D eigenvalue weighted by Crippen LogP contribution is -2.49. The van der Waals surface area contributed by atoms with Crippen molar-refractivity contribution in [2.45, 2.75) is 20.8 Å². The number of carbonyl (C=O) groups is 1. The minimum atomic E-state index is -0.340. The third kappa shape index (κ3) is 2.84. The van der Waals surface area contributed by atoms with Crippen molar-refractivity contribution >= 4 is 5.91 Å². The monoisotopic (exact) mass is 264 g/mol. The number of nitrogens with zero attached hydrogens (tertiary/aromatic N) is 3. The summed E-state index contributed by atoms with van der Waals surface area (Å²) < 4.78 is 0. The normalized spacial score (nSPS) is 16.7. The molecule has 1 saturated heterocycles. The summed E-state index contributed by atoms with van der Waals surface area (Å²) in [6, 6.07) is 0. The van der Waals surface area contributed by atoms with Crippen LogP contribution in [0.5, 0.6) is 0 Å². The molecule has 1 fully saturated rings. The molecule has 0 bridgehead atoms. The molecule has 0 aromatic carbocycles. The molecule has 1 aromatic heterocycles. The van der Waals surface area contributed by atoms with Gasteiger partial charge in [0.05, 0.1) is 5.69 Å². The van der Waals surface area contributed by atoms with E-state index in [4.69, 9.17) is 0 Å². The van der Waals surface area contributed by atoms with Crippen LogP contribution in [-0.4, -0.2) is 58.4 Å². The number of aromatic amines is 1. The predicted molar refractivity (Wildman–Crippen MR) is 72.3 cm³/mol. The van der Waals surface area contributed by atoms with Crippen molar-refractivity contribution in [1.82, 2.24) is 19.8 Å².